The van der Waals surface area contributed by atoms with Gasteiger partial charge in [-0.1, -0.05) is 18.2 Å². The lowest BCUT2D eigenvalue weighted by Gasteiger charge is -2.14. The number of carbonyl (C=O) groups excluding carboxylic acids is 1. The van der Waals surface area contributed by atoms with Crippen molar-refractivity contribution in [2.75, 3.05) is 13.1 Å². The predicted octanol–water partition coefficient (Wildman–Crippen LogP) is 1.93. The molecular weight excluding hydrogens is 257 g/mol. The molecule has 3 nitrogen and oxygen atoms in total. The highest BCUT2D eigenvalue weighted by Gasteiger charge is 2.33. The topological polar surface area (TPSA) is 41.1 Å². The lowest BCUT2D eigenvalue weighted by molar-refractivity contribution is -0.138. The quantitative estimate of drug-likeness (QED) is 0.882. The first-order valence-corrected chi connectivity index (χ1v) is 6.12. The van der Waals surface area contributed by atoms with E-state index in [1.807, 2.05) is 0 Å². The van der Waals surface area contributed by atoms with Crippen LogP contribution in [0.15, 0.2) is 24.3 Å². The Kier molecular flexibility index (Phi) is 4.09. The molecule has 0 bridgehead atoms. The molecule has 1 aromatic rings. The number of benzene rings is 1. The highest BCUT2D eigenvalue weighted by atomic mass is 19.4. The number of hydrogen-bond donors (Lipinski definition) is 2. The van der Waals surface area contributed by atoms with Gasteiger partial charge in [0.2, 0.25) is 5.91 Å². The van der Waals surface area contributed by atoms with Crippen molar-refractivity contribution in [1.82, 2.24) is 10.6 Å². The Balaban J connectivity index is 2.01. The van der Waals surface area contributed by atoms with Crippen LogP contribution in [0.5, 0.6) is 0 Å². The third-order valence-electron chi connectivity index (χ3n) is 3.21. The van der Waals surface area contributed by atoms with Gasteiger partial charge in [-0.05, 0) is 24.6 Å². The second kappa shape index (κ2) is 5.61. The second-order valence-electron chi connectivity index (χ2n) is 4.56. The van der Waals surface area contributed by atoms with Gasteiger partial charge in [-0.3, -0.25) is 4.79 Å². The summed E-state index contributed by atoms with van der Waals surface area (Å²) in [7, 11) is 0. The lowest BCUT2D eigenvalue weighted by Crippen LogP contribution is -2.32. The summed E-state index contributed by atoms with van der Waals surface area (Å²) in [6, 6.07) is 5.29. The van der Waals surface area contributed by atoms with E-state index in [1.165, 1.54) is 18.2 Å². The van der Waals surface area contributed by atoms with Crippen LogP contribution in [0.25, 0.3) is 0 Å². The molecule has 104 valence electrons. The molecule has 1 atom stereocenters. The Hall–Kier alpha value is -1.56. The molecule has 0 radical (unpaired) electrons. The number of amides is 1. The minimum absolute atomic E-state index is 0.0920. The summed E-state index contributed by atoms with van der Waals surface area (Å²) in [5, 5.41) is 5.62. The first kappa shape index (κ1) is 13.9. The van der Waals surface area contributed by atoms with E-state index in [4.69, 9.17) is 0 Å². The Morgan fingerprint density at radius 3 is 2.74 bits per heavy atom. The van der Waals surface area contributed by atoms with Crippen LogP contribution in [0.4, 0.5) is 13.2 Å². The molecule has 2 N–H and O–H groups in total. The van der Waals surface area contributed by atoms with Crippen molar-refractivity contribution in [2.24, 2.45) is 5.92 Å². The van der Waals surface area contributed by atoms with E-state index in [1.54, 1.807) is 0 Å². The van der Waals surface area contributed by atoms with Crippen LogP contribution >= 0.6 is 0 Å². The van der Waals surface area contributed by atoms with E-state index >= 15 is 0 Å². The highest BCUT2D eigenvalue weighted by Crippen LogP contribution is 2.31. The van der Waals surface area contributed by atoms with Gasteiger partial charge >= 0.3 is 6.18 Å². The van der Waals surface area contributed by atoms with Crippen LogP contribution in [-0.4, -0.2) is 19.0 Å². The van der Waals surface area contributed by atoms with Gasteiger partial charge < -0.3 is 10.6 Å². The van der Waals surface area contributed by atoms with Gasteiger partial charge in [0.15, 0.2) is 0 Å². The Morgan fingerprint density at radius 2 is 2.11 bits per heavy atom. The lowest BCUT2D eigenvalue weighted by atomic mass is 10.1. The Bertz CT molecular complexity index is 453. The monoisotopic (exact) mass is 272 g/mol. The second-order valence-corrected chi connectivity index (χ2v) is 4.56. The predicted molar refractivity (Wildman–Crippen MR) is 64.3 cm³/mol. The van der Waals surface area contributed by atoms with E-state index in [-0.39, 0.29) is 23.9 Å². The van der Waals surface area contributed by atoms with Crippen LogP contribution in [0.1, 0.15) is 17.5 Å². The molecule has 1 unspecified atom stereocenters. The van der Waals surface area contributed by atoms with Gasteiger partial charge in [-0.15, -0.1) is 0 Å². The largest absolute Gasteiger partial charge is 0.416 e. The van der Waals surface area contributed by atoms with Gasteiger partial charge in [0, 0.05) is 13.1 Å². The third-order valence-corrected chi connectivity index (χ3v) is 3.21. The number of rotatable bonds is 3. The fraction of sp³-hybridized carbons (Fsp3) is 0.462. The molecule has 1 aliphatic heterocycles. The van der Waals surface area contributed by atoms with Crippen molar-refractivity contribution in [3.63, 3.8) is 0 Å². The van der Waals surface area contributed by atoms with E-state index in [9.17, 15) is 18.0 Å². The summed E-state index contributed by atoms with van der Waals surface area (Å²) in [5.41, 5.74) is -0.603. The van der Waals surface area contributed by atoms with Crippen molar-refractivity contribution in [1.29, 1.82) is 0 Å². The van der Waals surface area contributed by atoms with Crippen LogP contribution in [-0.2, 0) is 17.5 Å². The molecule has 19 heavy (non-hydrogen) atoms. The van der Waals surface area contributed by atoms with Gasteiger partial charge in [-0.25, -0.2) is 0 Å². The van der Waals surface area contributed by atoms with Crippen LogP contribution in [0.3, 0.4) is 0 Å². The number of halogens is 3. The Labute approximate surface area is 109 Å². The van der Waals surface area contributed by atoms with E-state index in [0.29, 0.717) is 6.54 Å². The molecule has 0 aromatic heterocycles. The van der Waals surface area contributed by atoms with Gasteiger partial charge in [0.05, 0.1) is 11.5 Å². The van der Waals surface area contributed by atoms with Crippen molar-refractivity contribution in [2.45, 2.75) is 19.1 Å². The van der Waals surface area contributed by atoms with Crippen molar-refractivity contribution < 1.29 is 18.0 Å². The molecule has 6 heteroatoms. The smallest absolute Gasteiger partial charge is 0.352 e. The van der Waals surface area contributed by atoms with Crippen LogP contribution in [0, 0.1) is 5.92 Å². The Morgan fingerprint density at radius 1 is 1.37 bits per heavy atom. The molecule has 1 fully saturated rings. The number of nitrogens with one attached hydrogen (secondary N) is 2. The highest BCUT2D eigenvalue weighted by molar-refractivity contribution is 5.79. The zero-order valence-corrected chi connectivity index (χ0v) is 10.3. The van der Waals surface area contributed by atoms with Crippen molar-refractivity contribution in [3.05, 3.63) is 35.4 Å². The number of alkyl halides is 3. The molecule has 0 spiro atoms. The normalized spacial score (nSPS) is 19.4. The number of hydrogen-bond acceptors (Lipinski definition) is 2. The molecule has 1 saturated heterocycles. The SMILES string of the molecule is O=C(NCc1ccccc1C(F)(F)F)C1CCNC1. The summed E-state index contributed by atoms with van der Waals surface area (Å²) >= 11 is 0. The van der Waals surface area contributed by atoms with Crippen LogP contribution < -0.4 is 10.6 Å². The summed E-state index contributed by atoms with van der Waals surface area (Å²) in [5.74, 6) is -0.333. The maximum Gasteiger partial charge on any atom is 0.416 e. The maximum atomic E-state index is 12.8. The van der Waals surface area contributed by atoms with Crippen molar-refractivity contribution >= 4 is 5.91 Å². The zero-order chi connectivity index (χ0) is 13.9. The first-order valence-electron chi connectivity index (χ1n) is 6.12. The minimum atomic E-state index is -4.39. The summed E-state index contributed by atoms with van der Waals surface area (Å²) in [4.78, 5) is 11.7. The average molecular weight is 272 g/mol. The standard InChI is InChI=1S/C13H15F3N2O/c14-13(15,16)11-4-2-1-3-9(11)8-18-12(19)10-5-6-17-7-10/h1-4,10,17H,5-8H2,(H,18,19). The summed E-state index contributed by atoms with van der Waals surface area (Å²) in [6.07, 6.45) is -3.66. The van der Waals surface area contributed by atoms with E-state index in [2.05, 4.69) is 10.6 Å². The molecular formula is C13H15F3N2O. The van der Waals surface area contributed by atoms with E-state index < -0.39 is 11.7 Å². The fourth-order valence-corrected chi connectivity index (χ4v) is 2.16. The molecule has 1 heterocycles. The molecule has 1 amide bonds. The average Bonchev–Trinajstić information content (AvgIpc) is 2.89. The minimum Gasteiger partial charge on any atom is -0.352 e. The molecule has 1 aliphatic rings. The zero-order valence-electron chi connectivity index (χ0n) is 10.3. The third kappa shape index (κ3) is 3.47. The van der Waals surface area contributed by atoms with Gasteiger partial charge in [0.25, 0.3) is 0 Å². The summed E-state index contributed by atoms with van der Waals surface area (Å²) in [6.45, 7) is 1.27. The number of carbonyl (C=O) groups is 1. The summed E-state index contributed by atoms with van der Waals surface area (Å²) < 4.78 is 38.3. The molecule has 0 aliphatic carbocycles. The van der Waals surface area contributed by atoms with Gasteiger partial charge in [-0.2, -0.15) is 13.2 Å². The fourth-order valence-electron chi connectivity index (χ4n) is 2.16. The van der Waals surface area contributed by atoms with Crippen LogP contribution in [0.2, 0.25) is 0 Å². The molecule has 0 saturated carbocycles. The first-order chi connectivity index (χ1) is 8.98. The van der Waals surface area contributed by atoms with E-state index in [0.717, 1.165) is 19.0 Å². The molecule has 1 aromatic carbocycles. The maximum absolute atomic E-state index is 12.8. The van der Waals surface area contributed by atoms with Crippen molar-refractivity contribution in [3.8, 4) is 0 Å². The van der Waals surface area contributed by atoms with Gasteiger partial charge in [0.1, 0.15) is 0 Å². The molecule has 2 rings (SSSR count).